The Morgan fingerprint density at radius 3 is 2.39 bits per heavy atom. The molecule has 1 unspecified atom stereocenters. The molecule has 2 N–H and O–H groups in total. The quantitative estimate of drug-likeness (QED) is 0.276. The van der Waals surface area contributed by atoms with Gasteiger partial charge < -0.3 is 19.7 Å². The summed E-state index contributed by atoms with van der Waals surface area (Å²) in [6.45, 7) is 3.17. The molecule has 5 nitrogen and oxygen atoms in total. The third-order valence-electron chi connectivity index (χ3n) is 4.95. The van der Waals surface area contributed by atoms with Crippen LogP contribution in [0.1, 0.15) is 63.0 Å². The summed E-state index contributed by atoms with van der Waals surface area (Å²) in [5.74, 6) is 0.514. The lowest BCUT2D eigenvalue weighted by Crippen LogP contribution is -2.09. The molecule has 31 heavy (non-hydrogen) atoms. The Labute approximate surface area is 185 Å². The fourth-order valence-electron chi connectivity index (χ4n) is 3.17. The van der Waals surface area contributed by atoms with Gasteiger partial charge in [0.15, 0.2) is 0 Å². The number of benzene rings is 2. The van der Waals surface area contributed by atoms with Crippen LogP contribution in [0.2, 0.25) is 0 Å². The van der Waals surface area contributed by atoms with E-state index in [2.05, 4.69) is 6.92 Å². The summed E-state index contributed by atoms with van der Waals surface area (Å²) < 4.78 is 11.7. The lowest BCUT2D eigenvalue weighted by Gasteiger charge is -2.12. The Bertz CT molecular complexity index is 798. The van der Waals surface area contributed by atoms with Crippen LogP contribution in [0.3, 0.4) is 0 Å². The van der Waals surface area contributed by atoms with Crippen molar-refractivity contribution in [1.29, 1.82) is 0 Å². The second-order valence-corrected chi connectivity index (χ2v) is 7.67. The summed E-state index contributed by atoms with van der Waals surface area (Å²) in [5, 5.41) is 18.7. The van der Waals surface area contributed by atoms with Crippen molar-refractivity contribution in [3.05, 3.63) is 65.7 Å². The smallest absolute Gasteiger partial charge is 0.328 e. The van der Waals surface area contributed by atoms with E-state index >= 15 is 0 Å². The average molecular weight is 427 g/mol. The van der Waals surface area contributed by atoms with Gasteiger partial charge in [-0.25, -0.2) is 4.79 Å². The summed E-state index contributed by atoms with van der Waals surface area (Å²) in [7, 11) is 0. The van der Waals surface area contributed by atoms with Gasteiger partial charge in [-0.05, 0) is 48.6 Å². The second kappa shape index (κ2) is 14.3. The summed E-state index contributed by atoms with van der Waals surface area (Å²) in [5.41, 5.74) is 1.82. The Kier molecular flexibility index (Phi) is 11.3. The highest BCUT2D eigenvalue weighted by Gasteiger charge is 2.05. The zero-order valence-corrected chi connectivity index (χ0v) is 18.3. The van der Waals surface area contributed by atoms with Crippen molar-refractivity contribution in [3.63, 3.8) is 0 Å². The number of hydrogen-bond acceptors (Lipinski definition) is 4. The van der Waals surface area contributed by atoms with Crippen LogP contribution in [0.25, 0.3) is 6.08 Å². The predicted octanol–water partition coefficient (Wildman–Crippen LogP) is 5.85. The minimum atomic E-state index is -0.965. The second-order valence-electron chi connectivity index (χ2n) is 7.67. The third-order valence-corrected chi connectivity index (χ3v) is 4.95. The van der Waals surface area contributed by atoms with Gasteiger partial charge in [0.1, 0.15) is 18.1 Å². The number of rotatable bonds is 15. The Balaban J connectivity index is 1.70. The number of unbranched alkanes of at least 4 members (excludes halogenated alkanes) is 3. The Hall–Kier alpha value is -2.79. The molecule has 0 radical (unpaired) electrons. The van der Waals surface area contributed by atoms with Gasteiger partial charge in [0.05, 0.1) is 12.7 Å². The van der Waals surface area contributed by atoms with Gasteiger partial charge >= 0.3 is 5.97 Å². The number of carbonyl (C=O) groups is 1. The molecule has 0 fully saturated rings. The summed E-state index contributed by atoms with van der Waals surface area (Å²) in [6, 6.07) is 15.1. The molecule has 0 aliphatic rings. The molecule has 0 bridgehead atoms. The monoisotopic (exact) mass is 426 g/mol. The SMILES string of the molecule is CCCCCCC(O)CCCOc1cccc(OCc2ccc(C=CC(=O)O)cc2)c1. The van der Waals surface area contributed by atoms with Crippen molar-refractivity contribution in [2.45, 2.75) is 64.6 Å². The molecule has 0 saturated carbocycles. The molecule has 0 spiro atoms. The van der Waals surface area contributed by atoms with E-state index in [1.807, 2.05) is 48.5 Å². The molecule has 2 rings (SSSR count). The van der Waals surface area contributed by atoms with Crippen LogP contribution >= 0.6 is 0 Å². The number of carboxylic acid groups (broad SMARTS) is 1. The molecule has 0 aliphatic carbocycles. The molecule has 5 heteroatoms. The molecular formula is C26H34O5. The minimum Gasteiger partial charge on any atom is -0.493 e. The number of carboxylic acids is 1. The standard InChI is InChI=1S/C26H34O5/c1-2-3-4-5-8-23(27)9-7-18-30-24-10-6-11-25(19-24)31-20-22-14-12-21(13-15-22)16-17-26(28)29/h6,10-17,19,23,27H,2-5,7-9,18,20H2,1H3,(H,28,29). The van der Waals surface area contributed by atoms with Crippen LogP contribution < -0.4 is 9.47 Å². The summed E-state index contributed by atoms with van der Waals surface area (Å²) in [6.07, 6.45) is 9.64. The molecule has 0 heterocycles. The van der Waals surface area contributed by atoms with E-state index in [0.717, 1.165) is 54.4 Å². The van der Waals surface area contributed by atoms with Crippen molar-refractivity contribution in [2.75, 3.05) is 6.61 Å². The molecule has 168 valence electrons. The highest BCUT2D eigenvalue weighted by Crippen LogP contribution is 2.21. The third kappa shape index (κ3) is 10.7. The van der Waals surface area contributed by atoms with Crippen LogP contribution in [0.5, 0.6) is 11.5 Å². The molecule has 0 aliphatic heterocycles. The Morgan fingerprint density at radius 1 is 0.968 bits per heavy atom. The number of hydrogen-bond donors (Lipinski definition) is 2. The van der Waals surface area contributed by atoms with Crippen molar-refractivity contribution in [1.82, 2.24) is 0 Å². The van der Waals surface area contributed by atoms with Crippen LogP contribution in [-0.4, -0.2) is 28.9 Å². The molecule has 1 atom stereocenters. The highest BCUT2D eigenvalue weighted by atomic mass is 16.5. The summed E-state index contributed by atoms with van der Waals surface area (Å²) in [4.78, 5) is 10.6. The number of aliphatic hydroxyl groups excluding tert-OH is 1. The lowest BCUT2D eigenvalue weighted by atomic mass is 10.1. The van der Waals surface area contributed by atoms with Crippen LogP contribution in [0.4, 0.5) is 0 Å². The Morgan fingerprint density at radius 2 is 1.68 bits per heavy atom. The first-order valence-corrected chi connectivity index (χ1v) is 11.1. The maximum atomic E-state index is 10.6. The van der Waals surface area contributed by atoms with Gasteiger partial charge in [-0.1, -0.05) is 62.9 Å². The van der Waals surface area contributed by atoms with E-state index in [9.17, 15) is 9.90 Å². The van der Waals surface area contributed by atoms with E-state index in [4.69, 9.17) is 14.6 Å². The maximum Gasteiger partial charge on any atom is 0.328 e. The fraction of sp³-hybridized carbons (Fsp3) is 0.423. The zero-order valence-electron chi connectivity index (χ0n) is 18.3. The van der Waals surface area contributed by atoms with Gasteiger partial charge in [0.25, 0.3) is 0 Å². The van der Waals surface area contributed by atoms with E-state index in [1.54, 1.807) is 6.08 Å². The van der Waals surface area contributed by atoms with Crippen molar-refractivity contribution in [3.8, 4) is 11.5 Å². The lowest BCUT2D eigenvalue weighted by molar-refractivity contribution is -0.131. The minimum absolute atomic E-state index is 0.235. The first-order valence-electron chi connectivity index (χ1n) is 11.1. The largest absolute Gasteiger partial charge is 0.493 e. The number of ether oxygens (including phenoxy) is 2. The fourth-order valence-corrected chi connectivity index (χ4v) is 3.17. The molecule has 2 aromatic rings. The first-order chi connectivity index (χ1) is 15.1. The van der Waals surface area contributed by atoms with Crippen molar-refractivity contribution < 1.29 is 24.5 Å². The van der Waals surface area contributed by atoms with Gasteiger partial charge in [0, 0.05) is 12.1 Å². The number of aliphatic carboxylic acids is 1. The van der Waals surface area contributed by atoms with Crippen molar-refractivity contribution >= 4 is 12.0 Å². The molecule has 0 saturated heterocycles. The van der Waals surface area contributed by atoms with Crippen LogP contribution in [0, 0.1) is 0 Å². The van der Waals surface area contributed by atoms with Gasteiger partial charge in [-0.15, -0.1) is 0 Å². The average Bonchev–Trinajstić information content (AvgIpc) is 2.78. The normalized spacial score (nSPS) is 12.1. The highest BCUT2D eigenvalue weighted by molar-refractivity contribution is 5.85. The van der Waals surface area contributed by atoms with Crippen LogP contribution in [-0.2, 0) is 11.4 Å². The first kappa shape index (κ1) is 24.5. The molecule has 0 amide bonds. The molecule has 0 aromatic heterocycles. The maximum absolute atomic E-state index is 10.6. The van der Waals surface area contributed by atoms with Crippen molar-refractivity contribution in [2.24, 2.45) is 0 Å². The number of aliphatic hydroxyl groups is 1. The van der Waals surface area contributed by atoms with Crippen LogP contribution in [0.15, 0.2) is 54.6 Å². The molecular weight excluding hydrogens is 392 g/mol. The summed E-state index contributed by atoms with van der Waals surface area (Å²) >= 11 is 0. The molecule has 2 aromatic carbocycles. The van der Waals surface area contributed by atoms with E-state index < -0.39 is 5.97 Å². The van der Waals surface area contributed by atoms with E-state index in [1.165, 1.54) is 19.3 Å². The zero-order chi connectivity index (χ0) is 22.3. The van der Waals surface area contributed by atoms with Gasteiger partial charge in [-0.3, -0.25) is 0 Å². The topological polar surface area (TPSA) is 76.0 Å². The van der Waals surface area contributed by atoms with Gasteiger partial charge in [-0.2, -0.15) is 0 Å². The van der Waals surface area contributed by atoms with Gasteiger partial charge in [0.2, 0.25) is 0 Å². The van der Waals surface area contributed by atoms with E-state index in [-0.39, 0.29) is 6.10 Å². The van der Waals surface area contributed by atoms with E-state index in [0.29, 0.717) is 13.2 Å². The predicted molar refractivity (Wildman–Crippen MR) is 123 cm³/mol.